The van der Waals surface area contributed by atoms with E-state index in [9.17, 15) is 14.3 Å². The third-order valence-electron chi connectivity index (χ3n) is 4.19. The van der Waals surface area contributed by atoms with E-state index in [1.165, 1.54) is 19.2 Å². The number of hydrogen-bond donors (Lipinski definition) is 4. The Morgan fingerprint density at radius 1 is 1.23 bits per heavy atom. The van der Waals surface area contributed by atoms with Crippen LogP contribution in [0.3, 0.4) is 0 Å². The molecule has 1 unspecified atom stereocenters. The molecule has 9 heteroatoms. The number of carbonyl (C=O) groups excluding carboxylic acids is 1. The van der Waals surface area contributed by atoms with E-state index in [0.29, 0.717) is 25.6 Å². The van der Waals surface area contributed by atoms with Gasteiger partial charge in [0.1, 0.15) is 5.75 Å². The summed E-state index contributed by atoms with van der Waals surface area (Å²) in [6.07, 6.45) is 0. The van der Waals surface area contributed by atoms with Crippen molar-refractivity contribution in [2.75, 3.05) is 26.7 Å². The summed E-state index contributed by atoms with van der Waals surface area (Å²) >= 11 is 0. The zero-order valence-electron chi connectivity index (χ0n) is 17.2. The molecule has 0 saturated heterocycles. The van der Waals surface area contributed by atoms with Crippen LogP contribution >= 0.6 is 24.0 Å². The monoisotopic (exact) mass is 530 g/mol. The Bertz CT molecular complexity index is 864. The summed E-state index contributed by atoms with van der Waals surface area (Å²) in [6.45, 7) is 5.12. The van der Waals surface area contributed by atoms with Gasteiger partial charge in [0.2, 0.25) is 0 Å². The lowest BCUT2D eigenvalue weighted by molar-refractivity contribution is 0.0952. The van der Waals surface area contributed by atoms with Crippen LogP contribution in [0.5, 0.6) is 11.5 Å². The second-order valence-electron chi connectivity index (χ2n) is 6.29. The summed E-state index contributed by atoms with van der Waals surface area (Å²) in [5, 5.41) is 18.8. The van der Waals surface area contributed by atoms with Crippen molar-refractivity contribution < 1.29 is 19.0 Å². The number of nitrogens with one attached hydrogen (secondary N) is 3. The second-order valence-corrected chi connectivity index (χ2v) is 6.29. The molecule has 164 valence electrons. The van der Waals surface area contributed by atoms with E-state index in [1.54, 1.807) is 30.3 Å². The minimum Gasteiger partial charge on any atom is -0.507 e. The number of guanidine groups is 1. The molecular formula is C21H28FIN4O3. The van der Waals surface area contributed by atoms with Crippen LogP contribution in [0.2, 0.25) is 0 Å². The van der Waals surface area contributed by atoms with E-state index in [1.807, 2.05) is 13.8 Å². The highest BCUT2D eigenvalue weighted by molar-refractivity contribution is 14.0. The zero-order valence-corrected chi connectivity index (χ0v) is 19.6. The lowest BCUT2D eigenvalue weighted by Gasteiger charge is -2.18. The molecule has 0 fully saturated rings. The van der Waals surface area contributed by atoms with Crippen LogP contribution in [0.4, 0.5) is 4.39 Å². The van der Waals surface area contributed by atoms with Gasteiger partial charge in [-0.15, -0.1) is 24.0 Å². The first-order valence-electron chi connectivity index (χ1n) is 9.40. The molecule has 2 aromatic rings. The average molecular weight is 530 g/mol. The first kappa shape index (κ1) is 25.5. The standard InChI is InChI=1S/C21H27FN4O3.HI/c1-4-23-21(26-14(2)15-9-10-19(29-3)17(22)13-15)25-12-11-24-20(28)16-7-5-6-8-18(16)27;/h5-10,13-14,27H,4,11-12H2,1-3H3,(H,24,28)(H2,23,25,26);1H. The SMILES string of the molecule is CCNC(=NCCNC(=O)c1ccccc1O)NC(C)c1ccc(OC)c(F)c1.I. The normalized spacial score (nSPS) is 11.8. The number of benzene rings is 2. The number of halogens is 2. The number of amides is 1. The highest BCUT2D eigenvalue weighted by Gasteiger charge is 2.12. The molecule has 4 N–H and O–H groups in total. The molecule has 0 bridgehead atoms. The van der Waals surface area contributed by atoms with Gasteiger partial charge < -0.3 is 25.8 Å². The van der Waals surface area contributed by atoms with Crippen molar-refractivity contribution in [1.29, 1.82) is 0 Å². The van der Waals surface area contributed by atoms with Gasteiger partial charge in [-0.2, -0.15) is 0 Å². The van der Waals surface area contributed by atoms with Crippen LogP contribution in [0.1, 0.15) is 35.8 Å². The maximum Gasteiger partial charge on any atom is 0.255 e. The van der Waals surface area contributed by atoms with Crippen molar-refractivity contribution in [3.63, 3.8) is 0 Å². The predicted octanol–water partition coefficient (Wildman–Crippen LogP) is 3.20. The number of methoxy groups -OCH3 is 1. The summed E-state index contributed by atoms with van der Waals surface area (Å²) in [6, 6.07) is 11.0. The fraction of sp³-hybridized carbons (Fsp3) is 0.333. The number of rotatable bonds is 8. The molecule has 0 saturated carbocycles. The van der Waals surface area contributed by atoms with Crippen molar-refractivity contribution in [1.82, 2.24) is 16.0 Å². The average Bonchev–Trinajstić information content (AvgIpc) is 2.71. The summed E-state index contributed by atoms with van der Waals surface area (Å²) in [5.41, 5.74) is 0.971. The van der Waals surface area contributed by atoms with Gasteiger partial charge in [-0.05, 0) is 43.7 Å². The highest BCUT2D eigenvalue weighted by atomic mass is 127. The molecule has 30 heavy (non-hydrogen) atoms. The molecule has 0 aromatic heterocycles. The Morgan fingerprint density at radius 2 is 1.97 bits per heavy atom. The molecule has 2 rings (SSSR count). The minimum absolute atomic E-state index is 0. The number of hydrogen-bond acceptors (Lipinski definition) is 4. The molecular weight excluding hydrogens is 502 g/mol. The van der Waals surface area contributed by atoms with Gasteiger partial charge >= 0.3 is 0 Å². The third kappa shape index (κ3) is 7.36. The maximum atomic E-state index is 13.9. The first-order chi connectivity index (χ1) is 14.0. The van der Waals surface area contributed by atoms with Crippen molar-refractivity contribution in [2.45, 2.75) is 19.9 Å². The third-order valence-corrected chi connectivity index (χ3v) is 4.19. The van der Waals surface area contributed by atoms with Crippen LogP contribution in [-0.2, 0) is 0 Å². The van der Waals surface area contributed by atoms with Gasteiger partial charge in [0.15, 0.2) is 17.5 Å². The van der Waals surface area contributed by atoms with Crippen molar-refractivity contribution in [2.24, 2.45) is 4.99 Å². The van der Waals surface area contributed by atoms with Crippen LogP contribution in [0.25, 0.3) is 0 Å². The van der Waals surface area contributed by atoms with Crippen molar-refractivity contribution >= 4 is 35.8 Å². The Hall–Kier alpha value is -2.56. The lowest BCUT2D eigenvalue weighted by atomic mass is 10.1. The lowest BCUT2D eigenvalue weighted by Crippen LogP contribution is -2.39. The van der Waals surface area contributed by atoms with Crippen molar-refractivity contribution in [3.8, 4) is 11.5 Å². The molecule has 0 heterocycles. The molecule has 1 amide bonds. The number of aromatic hydroxyl groups is 1. The van der Waals surface area contributed by atoms with Gasteiger partial charge in [0.05, 0.1) is 25.3 Å². The Kier molecular flexibility index (Phi) is 10.9. The van der Waals surface area contributed by atoms with Gasteiger partial charge in [-0.25, -0.2) is 4.39 Å². The highest BCUT2D eigenvalue weighted by Crippen LogP contribution is 2.21. The van der Waals surface area contributed by atoms with Gasteiger partial charge in [0.25, 0.3) is 5.91 Å². The zero-order chi connectivity index (χ0) is 21.2. The fourth-order valence-electron chi connectivity index (χ4n) is 2.66. The van der Waals surface area contributed by atoms with Crippen molar-refractivity contribution in [3.05, 3.63) is 59.4 Å². The Labute approximate surface area is 193 Å². The number of phenolic OH excluding ortho intramolecular Hbond substituents is 1. The van der Waals surface area contributed by atoms with Crippen LogP contribution in [0, 0.1) is 5.82 Å². The van der Waals surface area contributed by atoms with Crippen LogP contribution < -0.4 is 20.7 Å². The molecule has 2 aromatic carbocycles. The molecule has 7 nitrogen and oxygen atoms in total. The maximum absolute atomic E-state index is 13.9. The smallest absolute Gasteiger partial charge is 0.255 e. The number of para-hydroxylation sites is 1. The number of carbonyl (C=O) groups is 1. The number of aliphatic imine (C=N–C) groups is 1. The molecule has 0 aliphatic rings. The summed E-state index contributed by atoms with van der Waals surface area (Å²) in [5.74, 6) is -0.107. The Morgan fingerprint density at radius 3 is 2.60 bits per heavy atom. The fourth-order valence-corrected chi connectivity index (χ4v) is 2.66. The topological polar surface area (TPSA) is 95.0 Å². The number of nitrogens with zero attached hydrogens (tertiary/aromatic N) is 1. The van der Waals surface area contributed by atoms with E-state index in [2.05, 4.69) is 20.9 Å². The summed E-state index contributed by atoms with van der Waals surface area (Å²) in [7, 11) is 1.42. The summed E-state index contributed by atoms with van der Waals surface area (Å²) < 4.78 is 18.9. The Balaban J connectivity index is 0.00000450. The van der Waals surface area contributed by atoms with E-state index >= 15 is 0 Å². The first-order valence-corrected chi connectivity index (χ1v) is 9.40. The molecule has 1 atom stereocenters. The van der Waals surface area contributed by atoms with Gasteiger partial charge in [-0.1, -0.05) is 18.2 Å². The number of ether oxygens (including phenoxy) is 1. The van der Waals surface area contributed by atoms with Gasteiger partial charge in [-0.3, -0.25) is 9.79 Å². The molecule has 0 spiro atoms. The quantitative estimate of drug-likeness (QED) is 0.182. The molecule has 0 aliphatic carbocycles. The van der Waals surface area contributed by atoms with E-state index < -0.39 is 5.82 Å². The largest absolute Gasteiger partial charge is 0.507 e. The van der Waals surface area contributed by atoms with E-state index in [4.69, 9.17) is 4.74 Å². The van der Waals surface area contributed by atoms with Crippen LogP contribution in [-0.4, -0.2) is 43.7 Å². The molecule has 0 radical (unpaired) electrons. The van der Waals surface area contributed by atoms with E-state index in [0.717, 1.165) is 5.56 Å². The minimum atomic E-state index is -0.424. The second kappa shape index (κ2) is 12.9. The predicted molar refractivity (Wildman–Crippen MR) is 126 cm³/mol. The summed E-state index contributed by atoms with van der Waals surface area (Å²) in [4.78, 5) is 16.5. The number of phenols is 1. The van der Waals surface area contributed by atoms with Crippen LogP contribution in [0.15, 0.2) is 47.5 Å². The van der Waals surface area contributed by atoms with E-state index in [-0.39, 0.29) is 53.0 Å². The van der Waals surface area contributed by atoms with Gasteiger partial charge in [0, 0.05) is 13.1 Å². The molecule has 0 aliphatic heterocycles.